The van der Waals surface area contributed by atoms with E-state index in [4.69, 9.17) is 4.42 Å². The first-order chi connectivity index (χ1) is 10.6. The van der Waals surface area contributed by atoms with Crippen LogP contribution in [0.4, 0.5) is 10.7 Å². The van der Waals surface area contributed by atoms with Gasteiger partial charge in [0.05, 0.1) is 6.04 Å². The Labute approximate surface area is 138 Å². The zero-order valence-electron chi connectivity index (χ0n) is 12.5. The van der Waals surface area contributed by atoms with Crippen molar-refractivity contribution < 1.29 is 9.21 Å². The van der Waals surface area contributed by atoms with Crippen molar-refractivity contribution in [3.8, 4) is 0 Å². The highest BCUT2D eigenvalue weighted by Gasteiger charge is 2.14. The molecular weight excluding hydrogens is 344 g/mol. The minimum atomic E-state index is -0.271. The fraction of sp³-hybridized carbons (Fsp3) is 0.353. The summed E-state index contributed by atoms with van der Waals surface area (Å²) in [6.45, 7) is 1.99. The first-order valence-electron chi connectivity index (χ1n) is 7.56. The van der Waals surface area contributed by atoms with Crippen LogP contribution in [0.1, 0.15) is 42.5 Å². The van der Waals surface area contributed by atoms with Crippen molar-refractivity contribution in [2.24, 2.45) is 0 Å². The summed E-state index contributed by atoms with van der Waals surface area (Å²) in [5, 5.41) is 5.61. The lowest BCUT2D eigenvalue weighted by Crippen LogP contribution is -2.31. The van der Waals surface area contributed by atoms with E-state index in [1.807, 2.05) is 6.92 Å². The maximum Gasteiger partial charge on any atom is 0.322 e. The Morgan fingerprint density at radius 2 is 1.95 bits per heavy atom. The summed E-state index contributed by atoms with van der Waals surface area (Å²) in [7, 11) is 0. The van der Waals surface area contributed by atoms with Crippen LogP contribution < -0.4 is 10.6 Å². The molecule has 0 radical (unpaired) electrons. The molecule has 2 amide bonds. The molecule has 2 aromatic rings. The summed E-state index contributed by atoms with van der Waals surface area (Å²) in [5.74, 6) is 0.419. The Morgan fingerprint density at radius 3 is 2.68 bits per heavy atom. The van der Waals surface area contributed by atoms with Crippen LogP contribution in [0.3, 0.4) is 0 Å². The third-order valence-electron chi connectivity index (χ3n) is 4.03. The molecule has 0 bridgehead atoms. The number of halogens is 1. The van der Waals surface area contributed by atoms with Crippen LogP contribution in [-0.2, 0) is 12.8 Å². The van der Waals surface area contributed by atoms with Crippen LogP contribution in [0.2, 0.25) is 0 Å². The molecule has 116 valence electrons. The summed E-state index contributed by atoms with van der Waals surface area (Å²) in [6, 6.07) is 9.65. The molecule has 22 heavy (non-hydrogen) atoms. The van der Waals surface area contributed by atoms with E-state index in [0.29, 0.717) is 10.6 Å². The number of aryl methyl sites for hydroxylation is 2. The molecule has 4 nitrogen and oxygen atoms in total. The van der Waals surface area contributed by atoms with Crippen molar-refractivity contribution in [3.05, 3.63) is 51.7 Å². The lowest BCUT2D eigenvalue weighted by atomic mass is 9.89. The van der Waals surface area contributed by atoms with Crippen molar-refractivity contribution in [2.45, 2.75) is 38.6 Å². The van der Waals surface area contributed by atoms with Gasteiger partial charge in [0.1, 0.15) is 0 Å². The van der Waals surface area contributed by atoms with Gasteiger partial charge in [-0.2, -0.15) is 0 Å². The molecule has 0 saturated carbocycles. The topological polar surface area (TPSA) is 54.3 Å². The third-order valence-corrected chi connectivity index (χ3v) is 4.46. The number of rotatable bonds is 3. The van der Waals surface area contributed by atoms with Crippen molar-refractivity contribution in [3.63, 3.8) is 0 Å². The number of urea groups is 1. The fourth-order valence-corrected chi connectivity index (χ4v) is 3.14. The maximum atomic E-state index is 12.0. The molecule has 1 aliphatic rings. The number of carbonyl (C=O) groups is 1. The zero-order valence-corrected chi connectivity index (χ0v) is 14.1. The third kappa shape index (κ3) is 3.53. The predicted octanol–water partition coefficient (Wildman–Crippen LogP) is 4.80. The molecule has 1 aliphatic carbocycles. The molecule has 1 aromatic carbocycles. The molecular formula is C17H19BrN2O2. The van der Waals surface area contributed by atoms with Crippen LogP contribution >= 0.6 is 15.9 Å². The molecule has 2 N–H and O–H groups in total. The molecule has 1 unspecified atom stereocenters. The summed E-state index contributed by atoms with van der Waals surface area (Å²) in [5.41, 5.74) is 4.01. The van der Waals surface area contributed by atoms with Gasteiger partial charge in [0.15, 0.2) is 4.67 Å². The van der Waals surface area contributed by atoms with Crippen LogP contribution in [0, 0.1) is 0 Å². The molecule has 0 aliphatic heterocycles. The van der Waals surface area contributed by atoms with Gasteiger partial charge in [-0.1, -0.05) is 18.2 Å². The number of carbonyl (C=O) groups excluding carboxylic acids is 1. The van der Waals surface area contributed by atoms with Crippen molar-refractivity contribution in [2.75, 3.05) is 5.32 Å². The van der Waals surface area contributed by atoms with E-state index in [9.17, 15) is 4.79 Å². The van der Waals surface area contributed by atoms with Gasteiger partial charge >= 0.3 is 6.03 Å². The SMILES string of the molecule is CC(NC(=O)Nc1ccc(Br)o1)c1ccc2c(c1)CCCC2. The lowest BCUT2D eigenvalue weighted by Gasteiger charge is -2.20. The van der Waals surface area contributed by atoms with E-state index in [0.717, 1.165) is 12.0 Å². The first-order valence-corrected chi connectivity index (χ1v) is 8.35. The van der Waals surface area contributed by atoms with Gasteiger partial charge in [0, 0.05) is 6.07 Å². The number of benzene rings is 1. The number of hydrogen-bond acceptors (Lipinski definition) is 2. The second-order valence-electron chi connectivity index (χ2n) is 5.66. The van der Waals surface area contributed by atoms with E-state index in [1.54, 1.807) is 12.1 Å². The Morgan fingerprint density at radius 1 is 1.18 bits per heavy atom. The van der Waals surface area contributed by atoms with Crippen molar-refractivity contribution >= 4 is 27.8 Å². The average Bonchev–Trinajstić information content (AvgIpc) is 2.91. The number of fused-ring (bicyclic) bond motifs is 1. The highest BCUT2D eigenvalue weighted by molar-refractivity contribution is 9.10. The highest BCUT2D eigenvalue weighted by atomic mass is 79.9. The Kier molecular flexibility index (Phi) is 4.52. The van der Waals surface area contributed by atoms with Crippen LogP contribution in [0.25, 0.3) is 0 Å². The first kappa shape index (κ1) is 15.2. The van der Waals surface area contributed by atoms with Crippen molar-refractivity contribution in [1.29, 1.82) is 0 Å². The van der Waals surface area contributed by atoms with Crippen LogP contribution in [-0.4, -0.2) is 6.03 Å². The molecule has 1 heterocycles. The minimum absolute atomic E-state index is 0.0503. The summed E-state index contributed by atoms with van der Waals surface area (Å²) in [6.07, 6.45) is 4.85. The van der Waals surface area contributed by atoms with Gasteiger partial charge in [0.25, 0.3) is 0 Å². The summed E-state index contributed by atoms with van der Waals surface area (Å²) >= 11 is 3.21. The molecule has 5 heteroatoms. The fourth-order valence-electron chi connectivity index (χ4n) is 2.83. The zero-order chi connectivity index (χ0) is 15.5. The van der Waals surface area contributed by atoms with Crippen molar-refractivity contribution in [1.82, 2.24) is 5.32 Å². The standard InChI is InChI=1S/C17H19BrN2O2/c1-11(19-17(21)20-16-9-8-15(18)22-16)13-7-6-12-4-2-3-5-14(12)10-13/h6-11H,2-5H2,1H3,(H2,19,20,21). The monoisotopic (exact) mass is 362 g/mol. The van der Waals surface area contributed by atoms with E-state index in [1.165, 1.54) is 30.4 Å². The smallest absolute Gasteiger partial charge is 0.322 e. The number of anilines is 1. The number of hydrogen-bond donors (Lipinski definition) is 2. The van der Waals surface area contributed by atoms with Gasteiger partial charge < -0.3 is 9.73 Å². The number of nitrogens with one attached hydrogen (secondary N) is 2. The van der Waals surface area contributed by atoms with Gasteiger partial charge in [-0.15, -0.1) is 0 Å². The van der Waals surface area contributed by atoms with Gasteiger partial charge in [-0.05, 0) is 71.3 Å². The van der Waals surface area contributed by atoms with E-state index < -0.39 is 0 Å². The quantitative estimate of drug-likeness (QED) is 0.823. The second-order valence-corrected chi connectivity index (χ2v) is 6.44. The largest absolute Gasteiger partial charge is 0.434 e. The predicted molar refractivity (Wildman–Crippen MR) is 90.1 cm³/mol. The molecule has 0 spiro atoms. The van der Waals surface area contributed by atoms with Gasteiger partial charge in [0.2, 0.25) is 5.88 Å². The Bertz CT molecular complexity index is 681. The van der Waals surface area contributed by atoms with Crippen LogP contribution in [0.15, 0.2) is 39.4 Å². The number of furan rings is 1. The van der Waals surface area contributed by atoms with E-state index >= 15 is 0 Å². The molecule has 1 aromatic heterocycles. The average molecular weight is 363 g/mol. The Balaban J connectivity index is 1.63. The molecule has 3 rings (SSSR count). The van der Waals surface area contributed by atoms with Crippen LogP contribution in [0.5, 0.6) is 0 Å². The minimum Gasteiger partial charge on any atom is -0.434 e. The molecule has 0 saturated heterocycles. The lowest BCUT2D eigenvalue weighted by molar-refractivity contribution is 0.248. The summed E-state index contributed by atoms with van der Waals surface area (Å²) < 4.78 is 5.85. The van der Waals surface area contributed by atoms with Gasteiger partial charge in [-0.25, -0.2) is 4.79 Å². The Hall–Kier alpha value is -1.75. The summed E-state index contributed by atoms with van der Waals surface area (Å²) in [4.78, 5) is 12.0. The maximum absolute atomic E-state index is 12.0. The van der Waals surface area contributed by atoms with E-state index in [2.05, 4.69) is 44.8 Å². The van der Waals surface area contributed by atoms with Gasteiger partial charge in [-0.3, -0.25) is 5.32 Å². The second kappa shape index (κ2) is 6.57. The van der Waals surface area contributed by atoms with E-state index in [-0.39, 0.29) is 12.1 Å². The molecule has 0 fully saturated rings. The normalized spacial score (nSPS) is 15.0. The molecule has 1 atom stereocenters. The highest BCUT2D eigenvalue weighted by Crippen LogP contribution is 2.25. The number of amides is 2.